The summed E-state index contributed by atoms with van der Waals surface area (Å²) in [7, 11) is 0. The van der Waals surface area contributed by atoms with E-state index in [0.717, 1.165) is 17.2 Å². The second-order valence-corrected chi connectivity index (χ2v) is 8.60. The summed E-state index contributed by atoms with van der Waals surface area (Å²) < 4.78 is 9.98. The van der Waals surface area contributed by atoms with Gasteiger partial charge in [0.15, 0.2) is 5.78 Å². The number of alkyl carbamates (subject to hydrolysis) is 1. The quantitative estimate of drug-likeness (QED) is 0.0981. The molecule has 10 heteroatoms. The topological polar surface area (TPSA) is 147 Å². The van der Waals surface area contributed by atoms with E-state index in [1.54, 1.807) is 49.4 Å². The van der Waals surface area contributed by atoms with E-state index >= 15 is 0 Å². The van der Waals surface area contributed by atoms with Gasteiger partial charge in [-0.05, 0) is 43.2 Å². The Kier molecular flexibility index (Phi) is 9.91. The van der Waals surface area contributed by atoms with E-state index in [0.29, 0.717) is 17.7 Å². The molecule has 3 aromatic carbocycles. The number of ether oxygens (including phenoxy) is 2. The molecule has 3 N–H and O–H groups in total. The lowest BCUT2D eigenvalue weighted by molar-refractivity contribution is -0.138. The average molecular weight is 532 g/mol. The van der Waals surface area contributed by atoms with Crippen molar-refractivity contribution >= 4 is 29.2 Å². The molecule has 0 saturated heterocycles. The molecule has 3 aromatic rings. The maximum Gasteiger partial charge on any atom is 0.407 e. The van der Waals surface area contributed by atoms with Crippen LogP contribution in [0.1, 0.15) is 34.0 Å². The predicted molar refractivity (Wildman–Crippen MR) is 144 cm³/mol. The Morgan fingerprint density at radius 2 is 1.62 bits per heavy atom. The minimum absolute atomic E-state index is 0.00307. The van der Waals surface area contributed by atoms with E-state index in [9.17, 15) is 24.6 Å². The molecule has 0 unspecified atom stereocenters. The van der Waals surface area contributed by atoms with Crippen LogP contribution >= 0.6 is 0 Å². The number of aromatic hydroxyl groups is 2. The number of nitrogens with one attached hydrogen (secondary N) is 1. The molecule has 0 aliphatic carbocycles. The molecule has 0 fully saturated rings. The number of carbonyl (C=O) groups is 3. The van der Waals surface area contributed by atoms with E-state index in [1.165, 1.54) is 13.0 Å². The van der Waals surface area contributed by atoms with Crippen molar-refractivity contribution in [2.75, 3.05) is 19.8 Å². The Hall–Kier alpha value is -4.99. The van der Waals surface area contributed by atoms with Gasteiger partial charge in [-0.2, -0.15) is 5.11 Å². The van der Waals surface area contributed by atoms with Crippen LogP contribution < -0.4 is 5.32 Å². The number of rotatable bonds is 11. The van der Waals surface area contributed by atoms with Gasteiger partial charge in [-0.1, -0.05) is 43.0 Å². The average Bonchev–Trinajstić information content (AvgIpc) is 2.91. The van der Waals surface area contributed by atoms with Crippen molar-refractivity contribution in [1.82, 2.24) is 5.32 Å². The number of ketones is 1. The predicted octanol–water partition coefficient (Wildman–Crippen LogP) is 5.44. The first-order chi connectivity index (χ1) is 18.7. The summed E-state index contributed by atoms with van der Waals surface area (Å²) in [6.45, 7) is 7.07. The number of phenols is 2. The normalized spacial score (nSPS) is 10.7. The molecule has 0 atom stereocenters. The zero-order valence-electron chi connectivity index (χ0n) is 21.6. The maximum atomic E-state index is 12.9. The van der Waals surface area contributed by atoms with Crippen molar-refractivity contribution in [2.24, 2.45) is 10.2 Å². The summed E-state index contributed by atoms with van der Waals surface area (Å²) in [5.74, 6) is -1.59. The van der Waals surface area contributed by atoms with Crippen molar-refractivity contribution < 1.29 is 34.1 Å². The van der Waals surface area contributed by atoms with Crippen molar-refractivity contribution in [3.8, 4) is 11.5 Å². The minimum Gasteiger partial charge on any atom is -0.507 e. The van der Waals surface area contributed by atoms with Crippen LogP contribution in [0, 0.1) is 6.92 Å². The lowest BCUT2D eigenvalue weighted by Crippen LogP contribution is -2.29. The Morgan fingerprint density at radius 1 is 0.897 bits per heavy atom. The van der Waals surface area contributed by atoms with Gasteiger partial charge in [0.05, 0.1) is 24.4 Å². The summed E-state index contributed by atoms with van der Waals surface area (Å²) in [6, 6.07) is 16.3. The summed E-state index contributed by atoms with van der Waals surface area (Å²) in [6.07, 6.45) is -0.167. The highest BCUT2D eigenvalue weighted by Crippen LogP contribution is 2.36. The summed E-state index contributed by atoms with van der Waals surface area (Å²) in [5.41, 5.74) is 2.87. The number of benzene rings is 3. The van der Waals surface area contributed by atoms with Crippen LogP contribution in [0.5, 0.6) is 11.5 Å². The third-order valence-corrected chi connectivity index (χ3v) is 5.51. The molecule has 0 aliphatic rings. The van der Waals surface area contributed by atoms with Crippen LogP contribution in [0.4, 0.5) is 16.2 Å². The van der Waals surface area contributed by atoms with Crippen LogP contribution in [0.25, 0.3) is 0 Å². The van der Waals surface area contributed by atoms with E-state index in [-0.39, 0.29) is 48.1 Å². The fourth-order valence-corrected chi connectivity index (χ4v) is 3.37. The molecule has 0 spiro atoms. The SMILES string of the molecule is C=C(C)C(=O)OCCNC(=O)OCCc1ccc(N=Nc2cc(C(=O)c3ccccc3C)c(O)cc2O)cc1. The van der Waals surface area contributed by atoms with Gasteiger partial charge in [-0.15, -0.1) is 5.11 Å². The number of hydrogen-bond acceptors (Lipinski definition) is 9. The second-order valence-electron chi connectivity index (χ2n) is 8.60. The molecule has 0 aliphatic heterocycles. The molecule has 0 radical (unpaired) electrons. The first-order valence-corrected chi connectivity index (χ1v) is 12.1. The Balaban J connectivity index is 1.53. The standard InChI is InChI=1S/C29H29N3O7/c1-18(2)28(36)38-15-13-30-29(37)39-14-12-20-8-10-21(11-9-20)31-32-24-16-23(25(33)17-26(24)34)27(35)22-7-5-4-6-19(22)3/h4-11,16-17,33-34H,1,12-15H2,2-3H3,(H,30,37). The van der Waals surface area contributed by atoms with Crippen molar-refractivity contribution in [3.05, 3.63) is 95.1 Å². The van der Waals surface area contributed by atoms with Crippen LogP contribution in [0.15, 0.2) is 83.0 Å². The molecule has 0 saturated carbocycles. The van der Waals surface area contributed by atoms with Crippen molar-refractivity contribution in [1.29, 1.82) is 0 Å². The van der Waals surface area contributed by atoms with Gasteiger partial charge in [-0.3, -0.25) is 4.79 Å². The van der Waals surface area contributed by atoms with E-state index in [2.05, 4.69) is 22.1 Å². The number of nitrogens with zero attached hydrogens (tertiary/aromatic N) is 2. The van der Waals surface area contributed by atoms with Gasteiger partial charge in [0.2, 0.25) is 0 Å². The first kappa shape index (κ1) is 28.6. The Bertz CT molecular complexity index is 1400. The third-order valence-electron chi connectivity index (χ3n) is 5.51. The molecule has 0 heterocycles. The zero-order valence-corrected chi connectivity index (χ0v) is 21.6. The molecular weight excluding hydrogens is 502 g/mol. The molecular formula is C29H29N3O7. The van der Waals surface area contributed by atoms with Gasteiger partial charge in [0.1, 0.15) is 23.8 Å². The molecule has 202 valence electrons. The molecule has 3 rings (SSSR count). The van der Waals surface area contributed by atoms with Gasteiger partial charge < -0.3 is 25.0 Å². The Morgan fingerprint density at radius 3 is 2.31 bits per heavy atom. The zero-order chi connectivity index (χ0) is 28.4. The highest BCUT2D eigenvalue weighted by molar-refractivity contribution is 6.12. The monoisotopic (exact) mass is 531 g/mol. The molecule has 0 bridgehead atoms. The van der Waals surface area contributed by atoms with E-state index in [4.69, 9.17) is 9.47 Å². The van der Waals surface area contributed by atoms with E-state index < -0.39 is 17.8 Å². The molecule has 0 aromatic heterocycles. The van der Waals surface area contributed by atoms with Gasteiger partial charge in [0, 0.05) is 23.6 Å². The minimum atomic E-state index is -0.624. The maximum absolute atomic E-state index is 12.9. The fourth-order valence-electron chi connectivity index (χ4n) is 3.37. The summed E-state index contributed by atoms with van der Waals surface area (Å²) >= 11 is 0. The highest BCUT2D eigenvalue weighted by atomic mass is 16.6. The van der Waals surface area contributed by atoms with Crippen molar-refractivity contribution in [3.63, 3.8) is 0 Å². The van der Waals surface area contributed by atoms with Gasteiger partial charge in [0.25, 0.3) is 0 Å². The first-order valence-electron chi connectivity index (χ1n) is 12.1. The lowest BCUT2D eigenvalue weighted by Gasteiger charge is -2.09. The molecule has 1 amide bonds. The Labute approximate surface area is 225 Å². The number of esters is 1. The number of hydrogen-bond donors (Lipinski definition) is 3. The number of azo groups is 1. The smallest absolute Gasteiger partial charge is 0.407 e. The highest BCUT2D eigenvalue weighted by Gasteiger charge is 2.18. The van der Waals surface area contributed by atoms with Crippen molar-refractivity contribution in [2.45, 2.75) is 20.3 Å². The third kappa shape index (κ3) is 8.26. The summed E-state index contributed by atoms with van der Waals surface area (Å²) in [4.78, 5) is 35.9. The van der Waals surface area contributed by atoms with Crippen LogP contribution in [-0.4, -0.2) is 47.8 Å². The lowest BCUT2D eigenvalue weighted by atomic mass is 9.98. The largest absolute Gasteiger partial charge is 0.507 e. The number of aryl methyl sites for hydroxylation is 1. The van der Waals surface area contributed by atoms with Gasteiger partial charge >= 0.3 is 12.1 Å². The molecule has 10 nitrogen and oxygen atoms in total. The number of phenolic OH excluding ortho intramolecular Hbond substituents is 2. The fraction of sp³-hybridized carbons (Fsp3) is 0.207. The van der Waals surface area contributed by atoms with Crippen LogP contribution in [0.2, 0.25) is 0 Å². The van der Waals surface area contributed by atoms with Crippen LogP contribution in [0.3, 0.4) is 0 Å². The van der Waals surface area contributed by atoms with E-state index in [1.807, 2.05) is 6.07 Å². The molecule has 39 heavy (non-hydrogen) atoms. The number of amides is 1. The van der Waals surface area contributed by atoms with Crippen LogP contribution in [-0.2, 0) is 20.7 Å². The number of carbonyl (C=O) groups excluding carboxylic acids is 3. The van der Waals surface area contributed by atoms with Gasteiger partial charge in [-0.25, -0.2) is 9.59 Å². The second kappa shape index (κ2) is 13.5. The summed E-state index contributed by atoms with van der Waals surface area (Å²) in [5, 5.41) is 31.1.